The lowest BCUT2D eigenvalue weighted by atomic mass is 10.4. The van der Waals surface area contributed by atoms with Crippen molar-refractivity contribution in [3.63, 3.8) is 0 Å². The van der Waals surface area contributed by atoms with Crippen LogP contribution in [0.5, 0.6) is 6.01 Å². The third-order valence-corrected chi connectivity index (χ3v) is 1.66. The standard InChI is InChI=1S/C6H11N3OS/c1-4(2)9-5(10-3)7-8-6(9)11/h4H,1-3H3,(H,8,11). The molecule has 0 amide bonds. The van der Waals surface area contributed by atoms with Gasteiger partial charge in [0.05, 0.1) is 7.11 Å². The number of hydrogen-bond acceptors (Lipinski definition) is 3. The van der Waals surface area contributed by atoms with Crippen LogP contribution in [0.4, 0.5) is 0 Å². The van der Waals surface area contributed by atoms with Gasteiger partial charge in [-0.15, -0.1) is 5.10 Å². The Labute approximate surface area is 70.2 Å². The molecule has 1 rings (SSSR count). The first-order valence-electron chi connectivity index (χ1n) is 3.37. The number of hydrogen-bond donors (Lipinski definition) is 1. The fourth-order valence-electron chi connectivity index (χ4n) is 0.890. The molecular formula is C6H11N3OS. The summed E-state index contributed by atoms with van der Waals surface area (Å²) in [6.07, 6.45) is 0. The second-order valence-corrected chi connectivity index (χ2v) is 2.87. The number of nitrogens with zero attached hydrogens (tertiary/aromatic N) is 2. The first-order valence-corrected chi connectivity index (χ1v) is 3.78. The molecule has 0 unspecified atom stereocenters. The molecule has 0 saturated heterocycles. The smallest absolute Gasteiger partial charge is 0.315 e. The van der Waals surface area contributed by atoms with E-state index >= 15 is 0 Å². The van der Waals surface area contributed by atoms with Gasteiger partial charge in [-0.2, -0.15) is 0 Å². The number of aromatic nitrogens is 3. The number of methoxy groups -OCH3 is 1. The first-order chi connectivity index (χ1) is 5.16. The lowest BCUT2D eigenvalue weighted by molar-refractivity contribution is 0.344. The van der Waals surface area contributed by atoms with Crippen molar-refractivity contribution < 1.29 is 4.74 Å². The van der Waals surface area contributed by atoms with E-state index in [1.165, 1.54) is 0 Å². The fourth-order valence-corrected chi connectivity index (χ4v) is 1.22. The van der Waals surface area contributed by atoms with Gasteiger partial charge in [-0.3, -0.25) is 4.57 Å². The lowest BCUT2D eigenvalue weighted by Crippen LogP contribution is -2.03. The molecule has 5 heteroatoms. The van der Waals surface area contributed by atoms with Crippen molar-refractivity contribution in [1.29, 1.82) is 0 Å². The highest BCUT2D eigenvalue weighted by atomic mass is 32.1. The number of H-pyrrole nitrogens is 1. The van der Waals surface area contributed by atoms with Crippen LogP contribution in [0.1, 0.15) is 19.9 Å². The van der Waals surface area contributed by atoms with Gasteiger partial charge in [0.2, 0.25) is 0 Å². The zero-order chi connectivity index (χ0) is 8.43. The summed E-state index contributed by atoms with van der Waals surface area (Å²) in [7, 11) is 1.57. The predicted octanol–water partition coefficient (Wildman–Crippen LogP) is 1.53. The van der Waals surface area contributed by atoms with Gasteiger partial charge < -0.3 is 4.74 Å². The topological polar surface area (TPSA) is 42.8 Å². The van der Waals surface area contributed by atoms with E-state index in [9.17, 15) is 0 Å². The fraction of sp³-hybridized carbons (Fsp3) is 0.667. The molecule has 4 nitrogen and oxygen atoms in total. The van der Waals surface area contributed by atoms with Crippen molar-refractivity contribution in [3.8, 4) is 6.01 Å². The second kappa shape index (κ2) is 3.04. The summed E-state index contributed by atoms with van der Waals surface area (Å²) in [4.78, 5) is 0. The van der Waals surface area contributed by atoms with Gasteiger partial charge in [0.1, 0.15) is 0 Å². The highest BCUT2D eigenvalue weighted by molar-refractivity contribution is 7.71. The van der Waals surface area contributed by atoms with Crippen molar-refractivity contribution in [1.82, 2.24) is 14.8 Å². The molecule has 0 bridgehead atoms. The van der Waals surface area contributed by atoms with Crippen LogP contribution >= 0.6 is 12.2 Å². The van der Waals surface area contributed by atoms with E-state index in [1.54, 1.807) is 7.11 Å². The molecular weight excluding hydrogens is 162 g/mol. The van der Waals surface area contributed by atoms with Crippen LogP contribution in [-0.4, -0.2) is 21.9 Å². The minimum Gasteiger partial charge on any atom is -0.467 e. The summed E-state index contributed by atoms with van der Waals surface area (Å²) < 4.78 is 7.39. The van der Waals surface area contributed by atoms with Crippen molar-refractivity contribution >= 4 is 12.2 Å². The van der Waals surface area contributed by atoms with E-state index in [-0.39, 0.29) is 6.04 Å². The Bertz CT molecular complexity index is 288. The molecule has 0 spiro atoms. The van der Waals surface area contributed by atoms with E-state index in [0.29, 0.717) is 10.8 Å². The number of nitrogens with one attached hydrogen (secondary N) is 1. The molecule has 1 aromatic heterocycles. The van der Waals surface area contributed by atoms with Crippen LogP contribution in [0.25, 0.3) is 0 Å². The molecule has 62 valence electrons. The van der Waals surface area contributed by atoms with E-state index in [2.05, 4.69) is 10.2 Å². The largest absolute Gasteiger partial charge is 0.467 e. The Morgan fingerprint density at radius 2 is 2.27 bits per heavy atom. The normalized spacial score (nSPS) is 10.5. The van der Waals surface area contributed by atoms with Crippen LogP contribution in [0.2, 0.25) is 0 Å². The van der Waals surface area contributed by atoms with Crippen LogP contribution in [0, 0.1) is 4.77 Å². The molecule has 0 radical (unpaired) electrons. The summed E-state index contributed by atoms with van der Waals surface area (Å²) in [6.45, 7) is 4.04. The van der Waals surface area contributed by atoms with Gasteiger partial charge in [-0.05, 0) is 26.1 Å². The summed E-state index contributed by atoms with van der Waals surface area (Å²) in [6, 6.07) is 0.807. The lowest BCUT2D eigenvalue weighted by Gasteiger charge is -2.07. The third kappa shape index (κ3) is 1.42. The van der Waals surface area contributed by atoms with Crippen molar-refractivity contribution in [2.75, 3.05) is 7.11 Å². The summed E-state index contributed by atoms with van der Waals surface area (Å²) in [5.74, 6) is 0. The maximum Gasteiger partial charge on any atom is 0.315 e. The Morgan fingerprint density at radius 3 is 2.64 bits per heavy atom. The quantitative estimate of drug-likeness (QED) is 0.690. The zero-order valence-electron chi connectivity index (χ0n) is 6.79. The van der Waals surface area contributed by atoms with Gasteiger partial charge in [0.25, 0.3) is 0 Å². The Balaban J connectivity index is 3.18. The minimum atomic E-state index is 0.274. The van der Waals surface area contributed by atoms with Crippen LogP contribution in [-0.2, 0) is 0 Å². The first kappa shape index (κ1) is 8.26. The maximum atomic E-state index is 4.98. The summed E-state index contributed by atoms with van der Waals surface area (Å²) in [5, 5.41) is 6.54. The Kier molecular flexibility index (Phi) is 2.28. The average molecular weight is 173 g/mol. The molecule has 0 aromatic carbocycles. The highest BCUT2D eigenvalue weighted by Gasteiger charge is 2.07. The van der Waals surface area contributed by atoms with Gasteiger partial charge in [-0.1, -0.05) is 0 Å². The molecule has 0 aliphatic rings. The zero-order valence-corrected chi connectivity index (χ0v) is 7.60. The van der Waals surface area contributed by atoms with Gasteiger partial charge >= 0.3 is 6.01 Å². The number of aromatic amines is 1. The monoisotopic (exact) mass is 173 g/mol. The Hall–Kier alpha value is -0.840. The van der Waals surface area contributed by atoms with E-state index in [4.69, 9.17) is 17.0 Å². The minimum absolute atomic E-state index is 0.274. The van der Waals surface area contributed by atoms with Gasteiger partial charge in [0, 0.05) is 6.04 Å². The SMILES string of the molecule is COc1n[nH]c(=S)n1C(C)C. The molecule has 1 heterocycles. The molecule has 1 aromatic rings. The van der Waals surface area contributed by atoms with E-state index in [0.717, 1.165) is 0 Å². The average Bonchev–Trinajstić information content (AvgIpc) is 2.30. The Morgan fingerprint density at radius 1 is 1.64 bits per heavy atom. The molecule has 0 aliphatic carbocycles. The molecule has 0 atom stereocenters. The van der Waals surface area contributed by atoms with Crippen LogP contribution < -0.4 is 4.74 Å². The molecule has 0 saturated carbocycles. The molecule has 11 heavy (non-hydrogen) atoms. The maximum absolute atomic E-state index is 4.98. The van der Waals surface area contributed by atoms with E-state index in [1.807, 2.05) is 18.4 Å². The number of rotatable bonds is 2. The van der Waals surface area contributed by atoms with Gasteiger partial charge in [-0.25, -0.2) is 5.10 Å². The summed E-state index contributed by atoms with van der Waals surface area (Å²) in [5.41, 5.74) is 0. The number of ether oxygens (including phenoxy) is 1. The highest BCUT2D eigenvalue weighted by Crippen LogP contribution is 2.13. The molecule has 1 N–H and O–H groups in total. The predicted molar refractivity (Wildman–Crippen MR) is 44.3 cm³/mol. The third-order valence-electron chi connectivity index (χ3n) is 1.37. The van der Waals surface area contributed by atoms with E-state index < -0.39 is 0 Å². The molecule has 0 aliphatic heterocycles. The van der Waals surface area contributed by atoms with Crippen LogP contribution in [0.15, 0.2) is 0 Å². The van der Waals surface area contributed by atoms with Crippen LogP contribution in [0.3, 0.4) is 0 Å². The van der Waals surface area contributed by atoms with Crippen molar-refractivity contribution in [3.05, 3.63) is 4.77 Å². The van der Waals surface area contributed by atoms with Gasteiger partial charge in [0.15, 0.2) is 4.77 Å². The summed E-state index contributed by atoms with van der Waals surface area (Å²) >= 11 is 4.98. The second-order valence-electron chi connectivity index (χ2n) is 2.48. The molecule has 0 fully saturated rings. The van der Waals surface area contributed by atoms with Crippen molar-refractivity contribution in [2.24, 2.45) is 0 Å². The van der Waals surface area contributed by atoms with Crippen molar-refractivity contribution in [2.45, 2.75) is 19.9 Å².